The lowest BCUT2D eigenvalue weighted by Crippen LogP contribution is -2.49. The van der Waals surface area contributed by atoms with Crippen LogP contribution in [0.2, 0.25) is 6.55 Å². The third-order valence-corrected chi connectivity index (χ3v) is 5.24. The van der Waals surface area contributed by atoms with E-state index >= 15 is 0 Å². The molecule has 0 saturated heterocycles. The minimum Gasteiger partial charge on any atom is -0.394 e. The Labute approximate surface area is 102 Å². The van der Waals surface area contributed by atoms with Crippen LogP contribution in [0.1, 0.15) is 46.5 Å². The first-order valence-corrected chi connectivity index (χ1v) is 9.19. The van der Waals surface area contributed by atoms with Gasteiger partial charge in [0.2, 0.25) is 0 Å². The Hall–Kier alpha value is 0.0969. The Balaban J connectivity index is 3.59. The van der Waals surface area contributed by atoms with Crippen LogP contribution in [0.25, 0.3) is 0 Å². The summed E-state index contributed by atoms with van der Waals surface area (Å²) in [5.41, 5.74) is 0. The maximum atomic E-state index is 5.75. The van der Waals surface area contributed by atoms with Gasteiger partial charge in [-0.05, 0) is 33.4 Å². The summed E-state index contributed by atoms with van der Waals surface area (Å²) in [6.07, 6.45) is 6.13. The molecule has 0 bridgehead atoms. The summed E-state index contributed by atoms with van der Waals surface area (Å²) in [5.74, 6) is 0. The molecule has 0 rings (SSSR count). The lowest BCUT2D eigenvalue weighted by Gasteiger charge is -2.26. The van der Waals surface area contributed by atoms with Crippen molar-refractivity contribution in [2.24, 2.45) is 0 Å². The van der Waals surface area contributed by atoms with Crippen LogP contribution in [-0.4, -0.2) is 34.5 Å². The molecule has 3 nitrogen and oxygen atoms in total. The van der Waals surface area contributed by atoms with E-state index < -0.39 is 8.56 Å². The molecule has 0 spiro atoms. The van der Waals surface area contributed by atoms with Crippen molar-refractivity contribution < 1.29 is 8.85 Å². The third-order valence-electron chi connectivity index (χ3n) is 2.55. The van der Waals surface area contributed by atoms with E-state index in [1.165, 1.54) is 25.7 Å². The molecule has 0 unspecified atom stereocenters. The average Bonchev–Trinajstić information content (AvgIpc) is 2.24. The molecule has 4 heteroatoms. The summed E-state index contributed by atoms with van der Waals surface area (Å²) in [6, 6.07) is 0. The molecule has 0 heterocycles. The molecule has 0 aliphatic carbocycles. The third kappa shape index (κ3) is 8.27. The number of nitrogens with one attached hydrogen (secondary N) is 1. The first kappa shape index (κ1) is 16.1. The molecular formula is C12H29NO2Si. The molecule has 0 aliphatic heterocycles. The molecule has 16 heavy (non-hydrogen) atoms. The van der Waals surface area contributed by atoms with Crippen LogP contribution in [-0.2, 0) is 8.85 Å². The van der Waals surface area contributed by atoms with Crippen LogP contribution in [0.15, 0.2) is 0 Å². The molecule has 0 aromatic carbocycles. The normalized spacial score (nSPS) is 12.0. The monoisotopic (exact) mass is 247 g/mol. The fourth-order valence-corrected chi connectivity index (χ4v) is 3.89. The molecule has 0 amide bonds. The van der Waals surface area contributed by atoms with Gasteiger partial charge in [0.15, 0.2) is 0 Å². The van der Waals surface area contributed by atoms with Crippen LogP contribution in [0.5, 0.6) is 0 Å². The van der Waals surface area contributed by atoms with E-state index in [0.29, 0.717) is 0 Å². The Morgan fingerprint density at radius 3 is 2.06 bits per heavy atom. The fraction of sp³-hybridized carbons (Fsp3) is 1.00. The van der Waals surface area contributed by atoms with Crippen LogP contribution < -0.4 is 5.32 Å². The molecule has 1 N–H and O–H groups in total. The highest BCUT2D eigenvalue weighted by molar-refractivity contribution is 6.66. The summed E-state index contributed by atoms with van der Waals surface area (Å²) in [5, 5.41) is 3.47. The van der Waals surface area contributed by atoms with Gasteiger partial charge in [-0.2, -0.15) is 0 Å². The number of rotatable bonds is 11. The fourth-order valence-electron chi connectivity index (χ4n) is 1.75. The molecular weight excluding hydrogens is 218 g/mol. The molecule has 0 atom stereocenters. The SMILES string of the molecule is CCCCCCNC[Si](C)(OCC)OCC. The molecule has 0 radical (unpaired) electrons. The number of hydrogen-bond donors (Lipinski definition) is 1. The zero-order valence-corrected chi connectivity index (χ0v) is 12.5. The van der Waals surface area contributed by atoms with Crippen LogP contribution in [0, 0.1) is 0 Å². The maximum absolute atomic E-state index is 5.75. The molecule has 0 aromatic rings. The van der Waals surface area contributed by atoms with Crippen LogP contribution in [0.4, 0.5) is 0 Å². The van der Waals surface area contributed by atoms with E-state index in [4.69, 9.17) is 8.85 Å². The Kier molecular flexibility index (Phi) is 10.3. The zero-order valence-electron chi connectivity index (χ0n) is 11.5. The predicted molar refractivity (Wildman–Crippen MR) is 71.9 cm³/mol. The van der Waals surface area contributed by atoms with E-state index in [0.717, 1.165) is 25.9 Å². The highest BCUT2D eigenvalue weighted by Crippen LogP contribution is 2.06. The van der Waals surface area contributed by atoms with Crippen molar-refractivity contribution in [1.82, 2.24) is 5.32 Å². The van der Waals surface area contributed by atoms with Crippen molar-refractivity contribution in [3.63, 3.8) is 0 Å². The van der Waals surface area contributed by atoms with E-state index in [2.05, 4.69) is 18.8 Å². The van der Waals surface area contributed by atoms with Gasteiger partial charge < -0.3 is 14.2 Å². The summed E-state index contributed by atoms with van der Waals surface area (Å²) in [4.78, 5) is 0. The van der Waals surface area contributed by atoms with Gasteiger partial charge in [0.1, 0.15) is 0 Å². The molecule has 0 aromatic heterocycles. The Morgan fingerprint density at radius 1 is 0.938 bits per heavy atom. The molecule has 98 valence electrons. The lowest BCUT2D eigenvalue weighted by atomic mass is 10.2. The largest absolute Gasteiger partial charge is 0.394 e. The molecule has 0 aliphatic rings. The van der Waals surface area contributed by atoms with Crippen molar-refractivity contribution in [2.75, 3.05) is 25.9 Å². The van der Waals surface area contributed by atoms with Gasteiger partial charge in [0.05, 0.1) is 0 Å². The smallest absolute Gasteiger partial charge is 0.349 e. The van der Waals surface area contributed by atoms with Crippen molar-refractivity contribution in [1.29, 1.82) is 0 Å². The maximum Gasteiger partial charge on any atom is 0.349 e. The van der Waals surface area contributed by atoms with E-state index in [1.807, 2.05) is 13.8 Å². The molecule has 0 fully saturated rings. The van der Waals surface area contributed by atoms with E-state index in [1.54, 1.807) is 0 Å². The predicted octanol–water partition coefficient (Wildman–Crippen LogP) is 2.84. The van der Waals surface area contributed by atoms with Crippen molar-refractivity contribution in [2.45, 2.75) is 53.0 Å². The number of hydrogen-bond acceptors (Lipinski definition) is 3. The minimum absolute atomic E-state index is 0.750. The highest BCUT2D eigenvalue weighted by Gasteiger charge is 2.29. The van der Waals surface area contributed by atoms with Gasteiger partial charge in [-0.3, -0.25) is 0 Å². The Morgan fingerprint density at radius 2 is 1.56 bits per heavy atom. The van der Waals surface area contributed by atoms with Crippen LogP contribution >= 0.6 is 0 Å². The standard InChI is InChI=1S/C12H29NO2Si/c1-5-8-9-10-11-13-12-16(4,14-6-2)15-7-3/h13H,5-12H2,1-4H3. The zero-order chi connectivity index (χ0) is 12.3. The molecule has 0 saturated carbocycles. The first-order valence-electron chi connectivity index (χ1n) is 6.67. The summed E-state index contributed by atoms with van der Waals surface area (Å²) in [7, 11) is -1.93. The Bertz CT molecular complexity index is 150. The summed E-state index contributed by atoms with van der Waals surface area (Å²) < 4.78 is 11.5. The summed E-state index contributed by atoms with van der Waals surface area (Å²) in [6.45, 7) is 11.0. The number of unbranched alkanes of at least 4 members (excludes halogenated alkanes) is 3. The van der Waals surface area contributed by atoms with Crippen molar-refractivity contribution in [3.8, 4) is 0 Å². The van der Waals surface area contributed by atoms with Crippen LogP contribution in [0.3, 0.4) is 0 Å². The second kappa shape index (κ2) is 10.3. The van der Waals surface area contributed by atoms with Gasteiger partial charge >= 0.3 is 8.56 Å². The van der Waals surface area contributed by atoms with Crippen molar-refractivity contribution >= 4 is 8.56 Å². The van der Waals surface area contributed by atoms with E-state index in [-0.39, 0.29) is 0 Å². The van der Waals surface area contributed by atoms with Crippen molar-refractivity contribution in [3.05, 3.63) is 0 Å². The summed E-state index contributed by atoms with van der Waals surface area (Å²) >= 11 is 0. The van der Waals surface area contributed by atoms with Gasteiger partial charge in [-0.25, -0.2) is 0 Å². The average molecular weight is 247 g/mol. The lowest BCUT2D eigenvalue weighted by molar-refractivity contribution is 0.187. The highest BCUT2D eigenvalue weighted by atomic mass is 28.4. The second-order valence-corrected chi connectivity index (χ2v) is 7.44. The van der Waals surface area contributed by atoms with Gasteiger partial charge in [0.25, 0.3) is 0 Å². The minimum atomic E-state index is -1.93. The van der Waals surface area contributed by atoms with Gasteiger partial charge in [0, 0.05) is 19.4 Å². The van der Waals surface area contributed by atoms with Gasteiger partial charge in [-0.15, -0.1) is 0 Å². The van der Waals surface area contributed by atoms with E-state index in [9.17, 15) is 0 Å². The topological polar surface area (TPSA) is 30.5 Å². The van der Waals surface area contributed by atoms with Gasteiger partial charge in [-0.1, -0.05) is 26.2 Å². The first-order chi connectivity index (χ1) is 7.68. The second-order valence-electron chi connectivity index (χ2n) is 4.24. The quantitative estimate of drug-likeness (QED) is 0.450.